The number of carboxylic acid groups (broad SMARTS) is 1. The van der Waals surface area contributed by atoms with Gasteiger partial charge in [0.1, 0.15) is 0 Å². The standard InChI is InChI=1S/C17H23NO3/c1-17(2,3)14-9-12(16(20)21)8-13-11(6-5-7-19)10-18(4)15(13)14/h8-10,19H,5-7H2,1-4H3,(H,20,21). The summed E-state index contributed by atoms with van der Waals surface area (Å²) < 4.78 is 2.06. The van der Waals surface area contributed by atoms with Crippen LogP contribution in [0, 0.1) is 0 Å². The van der Waals surface area contributed by atoms with Crippen molar-refractivity contribution < 1.29 is 15.0 Å². The average Bonchev–Trinajstić information content (AvgIpc) is 2.71. The first kappa shape index (κ1) is 15.6. The number of benzene rings is 1. The smallest absolute Gasteiger partial charge is 0.335 e. The monoisotopic (exact) mass is 289 g/mol. The van der Waals surface area contributed by atoms with Gasteiger partial charge in [0.25, 0.3) is 0 Å². The van der Waals surface area contributed by atoms with E-state index in [9.17, 15) is 9.90 Å². The highest BCUT2D eigenvalue weighted by molar-refractivity contribution is 5.97. The van der Waals surface area contributed by atoms with Crippen molar-refractivity contribution in [3.05, 3.63) is 35.0 Å². The second-order valence-corrected chi connectivity index (χ2v) is 6.57. The normalized spacial score (nSPS) is 12.0. The molecule has 0 bridgehead atoms. The Kier molecular flexibility index (Phi) is 4.10. The number of rotatable bonds is 4. The number of hydrogen-bond donors (Lipinski definition) is 2. The molecule has 0 aliphatic carbocycles. The maximum absolute atomic E-state index is 11.4. The summed E-state index contributed by atoms with van der Waals surface area (Å²) >= 11 is 0. The van der Waals surface area contributed by atoms with E-state index in [2.05, 4.69) is 25.3 Å². The van der Waals surface area contributed by atoms with Crippen LogP contribution in [0.5, 0.6) is 0 Å². The molecule has 2 aromatic rings. The molecule has 0 saturated heterocycles. The van der Waals surface area contributed by atoms with Gasteiger partial charge in [0, 0.05) is 25.2 Å². The predicted octanol–water partition coefficient (Wildman–Crippen LogP) is 3.10. The van der Waals surface area contributed by atoms with Crippen LogP contribution in [0.4, 0.5) is 0 Å². The van der Waals surface area contributed by atoms with Crippen molar-refractivity contribution in [2.75, 3.05) is 6.61 Å². The highest BCUT2D eigenvalue weighted by Crippen LogP contribution is 2.34. The highest BCUT2D eigenvalue weighted by Gasteiger charge is 2.22. The quantitative estimate of drug-likeness (QED) is 0.909. The third-order valence-corrected chi connectivity index (χ3v) is 3.82. The number of aryl methyl sites for hydroxylation is 2. The minimum atomic E-state index is -0.903. The molecule has 4 nitrogen and oxygen atoms in total. The zero-order valence-corrected chi connectivity index (χ0v) is 13.1. The number of aromatic nitrogens is 1. The van der Waals surface area contributed by atoms with Crippen LogP contribution < -0.4 is 0 Å². The van der Waals surface area contributed by atoms with E-state index in [0.717, 1.165) is 28.5 Å². The number of carboxylic acids is 1. The van der Waals surface area contributed by atoms with E-state index in [1.807, 2.05) is 13.2 Å². The van der Waals surface area contributed by atoms with Crippen molar-refractivity contribution in [2.24, 2.45) is 7.05 Å². The van der Waals surface area contributed by atoms with Crippen LogP contribution in [0.1, 0.15) is 48.7 Å². The van der Waals surface area contributed by atoms with Crippen molar-refractivity contribution in [2.45, 2.75) is 39.0 Å². The zero-order chi connectivity index (χ0) is 15.8. The molecule has 0 radical (unpaired) electrons. The maximum atomic E-state index is 11.4. The molecule has 1 heterocycles. The number of aliphatic hydroxyl groups is 1. The Bertz CT molecular complexity index is 677. The summed E-state index contributed by atoms with van der Waals surface area (Å²) in [7, 11) is 1.99. The van der Waals surface area contributed by atoms with Crippen LogP contribution in [0.25, 0.3) is 10.9 Å². The molecule has 0 aliphatic heterocycles. The zero-order valence-electron chi connectivity index (χ0n) is 13.1. The van der Waals surface area contributed by atoms with Crippen molar-refractivity contribution >= 4 is 16.9 Å². The van der Waals surface area contributed by atoms with Gasteiger partial charge in [-0.05, 0) is 41.5 Å². The molecule has 114 valence electrons. The van der Waals surface area contributed by atoms with Crippen LogP contribution in [-0.2, 0) is 18.9 Å². The van der Waals surface area contributed by atoms with Crippen LogP contribution in [0.3, 0.4) is 0 Å². The number of nitrogens with zero attached hydrogens (tertiary/aromatic N) is 1. The summed E-state index contributed by atoms with van der Waals surface area (Å²) in [5.41, 5.74) is 3.40. The van der Waals surface area contributed by atoms with Crippen LogP contribution >= 0.6 is 0 Å². The molecular weight excluding hydrogens is 266 g/mol. The van der Waals surface area contributed by atoms with Gasteiger partial charge in [-0.3, -0.25) is 0 Å². The van der Waals surface area contributed by atoms with E-state index in [4.69, 9.17) is 5.11 Å². The summed E-state index contributed by atoms with van der Waals surface area (Å²) in [6.45, 7) is 6.41. The van der Waals surface area contributed by atoms with Gasteiger partial charge >= 0.3 is 5.97 Å². The molecule has 2 N–H and O–H groups in total. The van der Waals surface area contributed by atoms with Crippen molar-refractivity contribution in [1.29, 1.82) is 0 Å². The van der Waals surface area contributed by atoms with Gasteiger partial charge in [-0.25, -0.2) is 4.79 Å². The molecule has 0 atom stereocenters. The predicted molar refractivity (Wildman–Crippen MR) is 84.0 cm³/mol. The fourth-order valence-electron chi connectivity index (χ4n) is 2.79. The van der Waals surface area contributed by atoms with E-state index >= 15 is 0 Å². The Morgan fingerprint density at radius 1 is 1.29 bits per heavy atom. The Morgan fingerprint density at radius 3 is 2.48 bits per heavy atom. The second-order valence-electron chi connectivity index (χ2n) is 6.57. The lowest BCUT2D eigenvalue weighted by atomic mass is 9.84. The summed E-state index contributed by atoms with van der Waals surface area (Å²) in [5, 5.41) is 19.4. The van der Waals surface area contributed by atoms with Gasteiger partial charge in [0.15, 0.2) is 0 Å². The summed E-state index contributed by atoms with van der Waals surface area (Å²) in [5.74, 6) is -0.903. The molecule has 0 fully saturated rings. The van der Waals surface area contributed by atoms with Gasteiger partial charge in [-0.2, -0.15) is 0 Å². The number of hydrogen-bond acceptors (Lipinski definition) is 2. The van der Waals surface area contributed by atoms with E-state index < -0.39 is 5.97 Å². The molecule has 0 spiro atoms. The molecular formula is C17H23NO3. The van der Waals surface area contributed by atoms with Crippen LogP contribution in [-0.4, -0.2) is 27.4 Å². The lowest BCUT2D eigenvalue weighted by Crippen LogP contribution is -2.14. The third-order valence-electron chi connectivity index (χ3n) is 3.82. The number of carbonyl (C=O) groups is 1. The molecule has 1 aromatic carbocycles. The van der Waals surface area contributed by atoms with E-state index in [0.29, 0.717) is 12.0 Å². The van der Waals surface area contributed by atoms with Crippen molar-refractivity contribution in [3.63, 3.8) is 0 Å². The van der Waals surface area contributed by atoms with Crippen LogP contribution in [0.15, 0.2) is 18.3 Å². The first-order valence-electron chi connectivity index (χ1n) is 7.22. The first-order valence-corrected chi connectivity index (χ1v) is 7.22. The molecule has 2 rings (SSSR count). The number of aromatic carboxylic acids is 1. The van der Waals surface area contributed by atoms with E-state index in [-0.39, 0.29) is 12.0 Å². The molecule has 1 aromatic heterocycles. The SMILES string of the molecule is Cn1cc(CCCO)c2cc(C(=O)O)cc(C(C)(C)C)c21. The maximum Gasteiger partial charge on any atom is 0.335 e. The lowest BCUT2D eigenvalue weighted by molar-refractivity contribution is 0.0697. The average molecular weight is 289 g/mol. The van der Waals surface area contributed by atoms with Gasteiger partial charge in [0.2, 0.25) is 0 Å². The fraction of sp³-hybridized carbons (Fsp3) is 0.471. The summed E-state index contributed by atoms with van der Waals surface area (Å²) in [4.78, 5) is 11.4. The van der Waals surface area contributed by atoms with Gasteiger partial charge in [0.05, 0.1) is 11.1 Å². The number of aliphatic hydroxyl groups excluding tert-OH is 1. The van der Waals surface area contributed by atoms with E-state index in [1.165, 1.54) is 0 Å². The highest BCUT2D eigenvalue weighted by atomic mass is 16.4. The summed E-state index contributed by atoms with van der Waals surface area (Å²) in [6, 6.07) is 3.53. The summed E-state index contributed by atoms with van der Waals surface area (Å²) in [6.07, 6.45) is 3.48. The van der Waals surface area contributed by atoms with Gasteiger partial charge < -0.3 is 14.8 Å². The molecule has 4 heteroatoms. The molecule has 0 amide bonds. The van der Waals surface area contributed by atoms with E-state index in [1.54, 1.807) is 12.1 Å². The Morgan fingerprint density at radius 2 is 1.95 bits per heavy atom. The lowest BCUT2D eigenvalue weighted by Gasteiger charge is -2.22. The van der Waals surface area contributed by atoms with Gasteiger partial charge in [-0.15, -0.1) is 0 Å². The molecule has 21 heavy (non-hydrogen) atoms. The van der Waals surface area contributed by atoms with Crippen LogP contribution in [0.2, 0.25) is 0 Å². The third kappa shape index (κ3) is 2.95. The number of fused-ring (bicyclic) bond motifs is 1. The topological polar surface area (TPSA) is 62.5 Å². The minimum absolute atomic E-state index is 0.135. The first-order chi connectivity index (χ1) is 9.75. The van der Waals surface area contributed by atoms with Gasteiger partial charge in [-0.1, -0.05) is 20.8 Å². The van der Waals surface area contributed by atoms with Crippen molar-refractivity contribution in [3.8, 4) is 0 Å². The largest absolute Gasteiger partial charge is 0.478 e. The Balaban J connectivity index is 2.77. The molecule has 0 aliphatic rings. The Labute approximate surface area is 125 Å². The molecule has 0 saturated carbocycles. The molecule has 0 unspecified atom stereocenters. The minimum Gasteiger partial charge on any atom is -0.478 e. The van der Waals surface area contributed by atoms with Crippen molar-refractivity contribution in [1.82, 2.24) is 4.57 Å². The fourth-order valence-corrected chi connectivity index (χ4v) is 2.79. The Hall–Kier alpha value is -1.81. The second kappa shape index (κ2) is 5.53.